The van der Waals surface area contributed by atoms with E-state index in [-0.39, 0.29) is 24.3 Å². The minimum Gasteiger partial charge on any atom is -0.432 e. The van der Waals surface area contributed by atoms with E-state index < -0.39 is 24.2 Å². The zero-order chi connectivity index (χ0) is 34.7. The van der Waals surface area contributed by atoms with Crippen LogP contribution in [0, 0.1) is 0 Å². The zero-order valence-electron chi connectivity index (χ0n) is 28.2. The number of benzene rings is 2. The van der Waals surface area contributed by atoms with Crippen LogP contribution in [-0.4, -0.2) is 37.5 Å². The Kier molecular flexibility index (Phi) is 21.6. The molecule has 2 aromatic carbocycles. The van der Waals surface area contributed by atoms with Gasteiger partial charge in [0.1, 0.15) is 0 Å². The van der Waals surface area contributed by atoms with E-state index in [1.54, 1.807) is 24.3 Å². The molecule has 0 fully saturated rings. The van der Waals surface area contributed by atoms with Crippen molar-refractivity contribution in [3.05, 3.63) is 70.8 Å². The highest BCUT2D eigenvalue weighted by Crippen LogP contribution is 2.13. The van der Waals surface area contributed by atoms with Crippen LogP contribution in [0.4, 0.5) is 9.59 Å². The van der Waals surface area contributed by atoms with E-state index in [1.165, 1.54) is 0 Å². The van der Waals surface area contributed by atoms with Crippen LogP contribution in [0.15, 0.2) is 48.5 Å². The third kappa shape index (κ3) is 18.9. The third-order valence-electron chi connectivity index (χ3n) is 7.42. The van der Waals surface area contributed by atoms with Crippen LogP contribution in [0.5, 0.6) is 0 Å². The maximum Gasteiger partial charge on any atom is 0.543 e. The van der Waals surface area contributed by atoms with E-state index in [1.807, 2.05) is 24.3 Å². The second kappa shape index (κ2) is 25.9. The summed E-state index contributed by atoms with van der Waals surface area (Å²) in [5.41, 5.74) is 2.82. The molecule has 0 aliphatic heterocycles. The molecule has 12 heteroatoms. The number of unbranched alkanes of at least 4 members (excludes halogenated alkanes) is 11. The van der Waals surface area contributed by atoms with E-state index in [9.17, 15) is 19.2 Å². The second-order valence-corrected chi connectivity index (χ2v) is 11.4. The Morgan fingerprint density at radius 2 is 0.792 bits per heavy atom. The number of hydrogen-bond donors (Lipinski definition) is 0. The number of carbonyl (C=O) groups excluding carboxylic acids is 4. The molecule has 0 atom stereocenters. The Morgan fingerprint density at radius 1 is 0.438 bits per heavy atom. The first kappa shape index (κ1) is 40.0. The number of rotatable bonds is 25. The molecule has 0 N–H and O–H groups in total. The lowest BCUT2D eigenvalue weighted by atomic mass is 10.1. The van der Waals surface area contributed by atoms with Gasteiger partial charge in [-0.1, -0.05) is 102 Å². The summed E-state index contributed by atoms with van der Waals surface area (Å²) in [5, 5.41) is 8.51. The van der Waals surface area contributed by atoms with Gasteiger partial charge < -0.3 is 9.47 Å². The van der Waals surface area contributed by atoms with Crippen molar-refractivity contribution in [1.29, 1.82) is 0 Å². The summed E-state index contributed by atoms with van der Waals surface area (Å²) in [7, 11) is 0. The van der Waals surface area contributed by atoms with E-state index in [2.05, 4.69) is 43.5 Å². The molecule has 48 heavy (non-hydrogen) atoms. The second-order valence-electron chi connectivity index (χ2n) is 11.4. The average molecular weight is 675 g/mol. The molecular formula is C36H50O12. The smallest absolute Gasteiger partial charge is 0.432 e. The molecule has 0 radical (unpaired) electrons. The van der Waals surface area contributed by atoms with E-state index in [0.29, 0.717) is 12.8 Å². The molecule has 0 bridgehead atoms. The lowest BCUT2D eigenvalue weighted by Crippen LogP contribution is -2.12. The summed E-state index contributed by atoms with van der Waals surface area (Å²) in [6.45, 7) is 4.59. The molecule has 0 saturated heterocycles. The molecule has 0 aromatic heterocycles. The fourth-order valence-electron chi connectivity index (χ4n) is 4.64. The number of aryl methyl sites for hydroxylation is 2. The summed E-state index contributed by atoms with van der Waals surface area (Å²) in [6.07, 6.45) is 13.5. The standard InChI is InChI=1S/C36H50O12/c1-3-5-13-17-29-19-23-31(24-20-29)33(37)43-47-45-35(39)41-27-15-11-9-7-8-10-12-16-28-42-36(40)46-48-44-34(38)32-25-21-30(22-26-32)18-14-6-4-2/h19-26H,3-18,27-28H2,1-2H3. The Hall–Kier alpha value is -4.16. The van der Waals surface area contributed by atoms with Gasteiger partial charge in [0, 0.05) is 0 Å². The third-order valence-corrected chi connectivity index (χ3v) is 7.42. The van der Waals surface area contributed by atoms with E-state index in [0.717, 1.165) is 101 Å². The van der Waals surface area contributed by atoms with Crippen LogP contribution in [0.2, 0.25) is 0 Å². The summed E-state index contributed by atoms with van der Waals surface area (Å²) in [4.78, 5) is 64.8. The Morgan fingerprint density at radius 3 is 1.15 bits per heavy atom. The van der Waals surface area contributed by atoms with Crippen molar-refractivity contribution in [3.8, 4) is 0 Å². The number of ether oxygens (including phenoxy) is 2. The molecule has 266 valence electrons. The fourth-order valence-corrected chi connectivity index (χ4v) is 4.64. The Balaban J connectivity index is 1.36. The Labute approximate surface area is 283 Å². The minimum absolute atomic E-state index is 0.151. The quantitative estimate of drug-likeness (QED) is 0.0428. The molecular weight excluding hydrogens is 624 g/mol. The van der Waals surface area contributed by atoms with E-state index in [4.69, 9.17) is 9.47 Å². The van der Waals surface area contributed by atoms with Gasteiger partial charge in [-0.3, -0.25) is 9.78 Å². The highest BCUT2D eigenvalue weighted by molar-refractivity contribution is 5.89. The molecule has 0 saturated carbocycles. The van der Waals surface area contributed by atoms with Crippen LogP contribution >= 0.6 is 0 Å². The molecule has 0 spiro atoms. The Bertz CT molecular complexity index is 1090. The first-order chi connectivity index (χ1) is 23.4. The summed E-state index contributed by atoms with van der Waals surface area (Å²) in [6, 6.07) is 14.0. The molecule has 0 heterocycles. The number of hydrogen-bond acceptors (Lipinski definition) is 12. The normalized spacial score (nSPS) is 10.6. The largest absolute Gasteiger partial charge is 0.543 e. The van der Waals surface area contributed by atoms with Crippen molar-refractivity contribution in [2.75, 3.05) is 13.2 Å². The number of carbonyl (C=O) groups is 4. The van der Waals surface area contributed by atoms with E-state index >= 15 is 0 Å². The highest BCUT2D eigenvalue weighted by Gasteiger charge is 2.13. The SMILES string of the molecule is CCCCCc1ccc(C(=O)OOOC(=O)OCCCCCCCCCCOC(=O)OOOC(=O)c2ccc(CCCCC)cc2)cc1. The van der Waals surface area contributed by atoms with Gasteiger partial charge >= 0.3 is 24.2 Å². The molecule has 0 aliphatic carbocycles. The lowest BCUT2D eigenvalue weighted by molar-refractivity contribution is -0.452. The average Bonchev–Trinajstić information content (AvgIpc) is 3.09. The molecule has 0 aliphatic rings. The molecule has 0 amide bonds. The maximum atomic E-state index is 12.0. The summed E-state index contributed by atoms with van der Waals surface area (Å²) < 4.78 is 9.79. The first-order valence-corrected chi connectivity index (χ1v) is 17.0. The highest BCUT2D eigenvalue weighted by atomic mass is 17.5. The fraction of sp³-hybridized carbons (Fsp3) is 0.556. The van der Waals surface area contributed by atoms with Crippen LogP contribution < -0.4 is 0 Å². The predicted molar refractivity (Wildman–Crippen MR) is 174 cm³/mol. The molecule has 0 unspecified atom stereocenters. The lowest BCUT2D eigenvalue weighted by Gasteiger charge is -2.06. The van der Waals surface area contributed by atoms with Gasteiger partial charge in [-0.15, -0.1) is 0 Å². The monoisotopic (exact) mass is 674 g/mol. The van der Waals surface area contributed by atoms with Gasteiger partial charge in [0.05, 0.1) is 34.4 Å². The van der Waals surface area contributed by atoms with Gasteiger partial charge in [0.25, 0.3) is 0 Å². The molecule has 2 rings (SSSR count). The van der Waals surface area contributed by atoms with Gasteiger partial charge in [-0.25, -0.2) is 29.0 Å². The van der Waals surface area contributed by atoms with Crippen LogP contribution in [0.25, 0.3) is 0 Å². The first-order valence-electron chi connectivity index (χ1n) is 17.0. The van der Waals surface area contributed by atoms with Gasteiger partial charge in [0.15, 0.2) is 0 Å². The minimum atomic E-state index is -1.09. The molecule has 2 aromatic rings. The summed E-state index contributed by atoms with van der Waals surface area (Å²) >= 11 is 0. The van der Waals surface area contributed by atoms with Gasteiger partial charge in [0.2, 0.25) is 0 Å². The predicted octanol–water partition coefficient (Wildman–Crippen LogP) is 9.29. The maximum absolute atomic E-state index is 12.0. The van der Waals surface area contributed by atoms with Crippen LogP contribution in [-0.2, 0) is 51.9 Å². The van der Waals surface area contributed by atoms with Gasteiger partial charge in [-0.2, -0.15) is 0 Å². The van der Waals surface area contributed by atoms with Crippen molar-refractivity contribution in [1.82, 2.24) is 0 Å². The molecule has 12 nitrogen and oxygen atoms in total. The topological polar surface area (TPSA) is 142 Å². The van der Waals surface area contributed by atoms with Crippen molar-refractivity contribution in [2.24, 2.45) is 0 Å². The summed E-state index contributed by atoms with van der Waals surface area (Å²) in [5.74, 6) is -1.56. The van der Waals surface area contributed by atoms with Crippen molar-refractivity contribution < 1.29 is 58.3 Å². The zero-order valence-corrected chi connectivity index (χ0v) is 28.2. The van der Waals surface area contributed by atoms with Crippen molar-refractivity contribution in [3.63, 3.8) is 0 Å². The van der Waals surface area contributed by atoms with Crippen LogP contribution in [0.3, 0.4) is 0 Å². The van der Waals surface area contributed by atoms with Crippen LogP contribution in [0.1, 0.15) is 136 Å². The van der Waals surface area contributed by atoms with Gasteiger partial charge in [-0.05, 0) is 73.9 Å². The van der Waals surface area contributed by atoms with Crippen molar-refractivity contribution in [2.45, 2.75) is 117 Å². The van der Waals surface area contributed by atoms with Crippen molar-refractivity contribution >= 4 is 24.2 Å².